The van der Waals surface area contributed by atoms with Crippen molar-refractivity contribution in [3.63, 3.8) is 0 Å². The van der Waals surface area contributed by atoms with Gasteiger partial charge in [0.15, 0.2) is 0 Å². The first-order chi connectivity index (χ1) is 15.0. The lowest BCUT2D eigenvalue weighted by Gasteiger charge is -2.15. The van der Waals surface area contributed by atoms with E-state index in [1.165, 1.54) is 22.9 Å². The number of hydrogen-bond donors (Lipinski definition) is 2. The molecule has 1 amide bonds. The van der Waals surface area contributed by atoms with Crippen LogP contribution in [0.1, 0.15) is 46.9 Å². The van der Waals surface area contributed by atoms with Gasteiger partial charge in [0.2, 0.25) is 0 Å². The molecule has 6 heteroatoms. The Bertz CT molecular complexity index is 1110. The third kappa shape index (κ3) is 5.07. The van der Waals surface area contributed by atoms with E-state index in [1.54, 1.807) is 0 Å². The van der Waals surface area contributed by atoms with Crippen molar-refractivity contribution < 1.29 is 14.7 Å². The van der Waals surface area contributed by atoms with Crippen molar-refractivity contribution in [1.29, 1.82) is 0 Å². The average molecular weight is 435 g/mol. The molecule has 1 aromatic heterocycles. The van der Waals surface area contributed by atoms with Crippen molar-refractivity contribution in [2.75, 3.05) is 5.75 Å². The number of benzene rings is 2. The van der Waals surface area contributed by atoms with E-state index < -0.39 is 5.97 Å². The zero-order chi connectivity index (χ0) is 21.8. The number of aryl methyl sites for hydroxylation is 2. The summed E-state index contributed by atoms with van der Waals surface area (Å²) < 4.78 is 0. The first kappa shape index (κ1) is 21.4. The third-order valence-corrected chi connectivity index (χ3v) is 6.80. The quantitative estimate of drug-likeness (QED) is 0.505. The van der Waals surface area contributed by atoms with Gasteiger partial charge in [-0.15, -0.1) is 11.8 Å². The summed E-state index contributed by atoms with van der Waals surface area (Å²) in [5.41, 5.74) is 4.82. The first-order valence-corrected chi connectivity index (χ1v) is 11.6. The lowest BCUT2D eigenvalue weighted by molar-refractivity contribution is -0.133. The molecule has 1 aliphatic carbocycles. The molecule has 2 aromatic carbocycles. The molecule has 160 valence electrons. The number of carbonyl (C=O) groups is 2. The minimum absolute atomic E-state index is 0.0206. The Hall–Kier alpha value is -2.86. The lowest BCUT2D eigenvalue weighted by Crippen LogP contribution is -2.32. The smallest absolute Gasteiger partial charge is 0.313 e. The van der Waals surface area contributed by atoms with Crippen LogP contribution in [0.2, 0.25) is 0 Å². The van der Waals surface area contributed by atoms with Gasteiger partial charge in [-0.1, -0.05) is 36.4 Å². The van der Waals surface area contributed by atoms with Gasteiger partial charge in [0, 0.05) is 27.6 Å². The van der Waals surface area contributed by atoms with Crippen molar-refractivity contribution >= 4 is 34.5 Å². The fourth-order valence-corrected chi connectivity index (χ4v) is 5.06. The fraction of sp³-hybridized carbons (Fsp3) is 0.320. The van der Waals surface area contributed by atoms with Gasteiger partial charge in [-0.25, -0.2) is 0 Å². The van der Waals surface area contributed by atoms with Gasteiger partial charge in [-0.05, 0) is 62.3 Å². The zero-order valence-corrected chi connectivity index (χ0v) is 18.4. The van der Waals surface area contributed by atoms with Crippen LogP contribution in [0, 0.1) is 0 Å². The maximum atomic E-state index is 12.8. The SMILES string of the molecule is C[C@@H](CCc1ccccc1)NC(=O)c1ccc2c(SCC(=O)O)c3c(nc2c1)CCC3. The normalized spacial score (nSPS) is 13.7. The van der Waals surface area contributed by atoms with Crippen LogP contribution in [-0.4, -0.2) is 33.8 Å². The van der Waals surface area contributed by atoms with Gasteiger partial charge in [0.05, 0.1) is 11.3 Å². The number of fused-ring (bicyclic) bond motifs is 2. The second-order valence-electron chi connectivity index (χ2n) is 8.03. The fourth-order valence-electron chi connectivity index (χ4n) is 4.07. The number of aliphatic carboxylic acids is 1. The van der Waals surface area contributed by atoms with Crippen molar-refractivity contribution in [2.24, 2.45) is 0 Å². The Labute approximate surface area is 186 Å². The van der Waals surface area contributed by atoms with E-state index in [1.807, 2.05) is 43.3 Å². The van der Waals surface area contributed by atoms with E-state index >= 15 is 0 Å². The van der Waals surface area contributed by atoms with Crippen LogP contribution in [0.25, 0.3) is 10.9 Å². The predicted octanol–water partition coefficient (Wildman–Crippen LogP) is 4.65. The first-order valence-electron chi connectivity index (χ1n) is 10.7. The number of nitrogens with zero attached hydrogens (tertiary/aromatic N) is 1. The summed E-state index contributed by atoms with van der Waals surface area (Å²) in [6, 6.07) is 15.9. The van der Waals surface area contributed by atoms with E-state index in [0.717, 1.165) is 53.6 Å². The molecule has 0 saturated carbocycles. The van der Waals surface area contributed by atoms with Crippen LogP contribution in [0.15, 0.2) is 53.4 Å². The molecule has 5 nitrogen and oxygen atoms in total. The average Bonchev–Trinajstić information content (AvgIpc) is 3.23. The second kappa shape index (κ2) is 9.52. The molecule has 31 heavy (non-hydrogen) atoms. The number of carbonyl (C=O) groups excluding carboxylic acids is 1. The monoisotopic (exact) mass is 434 g/mol. The molecular formula is C25H26N2O3S. The standard InChI is InChI=1S/C25H26N2O3S/c1-16(10-11-17-6-3-2-4-7-17)26-25(30)18-12-13-20-22(14-18)27-21-9-5-8-19(21)24(20)31-15-23(28)29/h2-4,6-7,12-14,16H,5,8-11,15H2,1H3,(H,26,30)(H,28,29)/t16-/m0/s1. The zero-order valence-electron chi connectivity index (χ0n) is 17.6. The van der Waals surface area contributed by atoms with Crippen LogP contribution in [0.3, 0.4) is 0 Å². The lowest BCUT2D eigenvalue weighted by atomic mass is 10.0. The molecule has 1 atom stereocenters. The summed E-state index contributed by atoms with van der Waals surface area (Å²) in [6.07, 6.45) is 4.65. The van der Waals surface area contributed by atoms with Crippen LogP contribution >= 0.6 is 11.8 Å². The van der Waals surface area contributed by atoms with Gasteiger partial charge in [-0.3, -0.25) is 14.6 Å². The van der Waals surface area contributed by atoms with E-state index in [-0.39, 0.29) is 17.7 Å². The number of rotatable bonds is 8. The van der Waals surface area contributed by atoms with Gasteiger partial charge < -0.3 is 10.4 Å². The summed E-state index contributed by atoms with van der Waals surface area (Å²) in [6.45, 7) is 2.02. The van der Waals surface area contributed by atoms with Crippen LogP contribution in [-0.2, 0) is 24.1 Å². The summed E-state index contributed by atoms with van der Waals surface area (Å²) in [4.78, 5) is 29.7. The summed E-state index contributed by atoms with van der Waals surface area (Å²) in [7, 11) is 0. The summed E-state index contributed by atoms with van der Waals surface area (Å²) in [5, 5.41) is 13.1. The maximum absolute atomic E-state index is 12.8. The summed E-state index contributed by atoms with van der Waals surface area (Å²) >= 11 is 1.35. The number of pyridine rings is 1. The molecule has 0 bridgehead atoms. The molecule has 1 aliphatic rings. The van der Waals surface area contributed by atoms with Crippen LogP contribution in [0.4, 0.5) is 0 Å². The number of carboxylic acid groups (broad SMARTS) is 1. The highest BCUT2D eigenvalue weighted by atomic mass is 32.2. The second-order valence-corrected chi connectivity index (χ2v) is 9.02. The Morgan fingerprint density at radius 2 is 1.97 bits per heavy atom. The van der Waals surface area contributed by atoms with Crippen LogP contribution in [0.5, 0.6) is 0 Å². The molecule has 0 radical (unpaired) electrons. The van der Waals surface area contributed by atoms with Gasteiger partial charge in [0.1, 0.15) is 0 Å². The Kier molecular flexibility index (Phi) is 6.56. The molecule has 0 fully saturated rings. The Morgan fingerprint density at radius 1 is 1.16 bits per heavy atom. The molecule has 0 aliphatic heterocycles. The molecule has 2 N–H and O–H groups in total. The summed E-state index contributed by atoms with van der Waals surface area (Å²) in [5.74, 6) is -0.918. The molecule has 3 aromatic rings. The van der Waals surface area contributed by atoms with Crippen molar-refractivity contribution in [1.82, 2.24) is 10.3 Å². The Morgan fingerprint density at radius 3 is 2.74 bits per heavy atom. The number of aromatic nitrogens is 1. The van der Waals surface area contributed by atoms with E-state index in [2.05, 4.69) is 17.4 Å². The van der Waals surface area contributed by atoms with Crippen molar-refractivity contribution in [2.45, 2.75) is 50.0 Å². The van der Waals surface area contributed by atoms with Crippen molar-refractivity contribution in [3.8, 4) is 0 Å². The highest BCUT2D eigenvalue weighted by Gasteiger charge is 2.21. The number of hydrogen-bond acceptors (Lipinski definition) is 4. The molecule has 4 rings (SSSR count). The molecule has 0 saturated heterocycles. The van der Waals surface area contributed by atoms with E-state index in [0.29, 0.717) is 5.56 Å². The number of nitrogens with one attached hydrogen (secondary N) is 1. The minimum Gasteiger partial charge on any atom is -0.481 e. The molecule has 0 spiro atoms. The highest BCUT2D eigenvalue weighted by Crippen LogP contribution is 2.37. The van der Waals surface area contributed by atoms with Gasteiger partial charge in [-0.2, -0.15) is 0 Å². The molecular weight excluding hydrogens is 408 g/mol. The third-order valence-electron chi connectivity index (χ3n) is 5.65. The van der Waals surface area contributed by atoms with Gasteiger partial charge >= 0.3 is 5.97 Å². The predicted molar refractivity (Wildman–Crippen MR) is 124 cm³/mol. The largest absolute Gasteiger partial charge is 0.481 e. The number of thioether (sulfide) groups is 1. The highest BCUT2D eigenvalue weighted by molar-refractivity contribution is 8.00. The molecule has 1 heterocycles. The van der Waals surface area contributed by atoms with Gasteiger partial charge in [0.25, 0.3) is 5.91 Å². The van der Waals surface area contributed by atoms with Crippen LogP contribution < -0.4 is 5.32 Å². The Balaban J connectivity index is 1.51. The topological polar surface area (TPSA) is 79.3 Å². The number of carboxylic acids is 1. The maximum Gasteiger partial charge on any atom is 0.313 e. The minimum atomic E-state index is -0.831. The molecule has 0 unspecified atom stereocenters. The van der Waals surface area contributed by atoms with E-state index in [9.17, 15) is 9.59 Å². The number of amides is 1. The van der Waals surface area contributed by atoms with E-state index in [4.69, 9.17) is 10.1 Å². The van der Waals surface area contributed by atoms with Crippen molar-refractivity contribution in [3.05, 3.63) is 70.9 Å².